The van der Waals surface area contributed by atoms with Gasteiger partial charge in [-0.05, 0) is 42.0 Å². The van der Waals surface area contributed by atoms with Gasteiger partial charge in [-0.2, -0.15) is 24.4 Å². The zero-order valence-corrected chi connectivity index (χ0v) is 23.2. The molecule has 0 unspecified atom stereocenters. The smallest absolute Gasteiger partial charge is 0.326 e. The highest BCUT2D eigenvalue weighted by molar-refractivity contribution is 7.98. The van der Waals surface area contributed by atoms with E-state index < -0.39 is 12.0 Å². The van der Waals surface area contributed by atoms with Gasteiger partial charge in [0.25, 0.3) is 0 Å². The number of aliphatic carboxylic acids is 1. The van der Waals surface area contributed by atoms with Crippen LogP contribution in [0.4, 0.5) is 0 Å². The van der Waals surface area contributed by atoms with Crippen LogP contribution in [0, 0.1) is 5.92 Å². The number of hydrogen-bond acceptors (Lipinski definition) is 8. The Kier molecular flexibility index (Phi) is 13.6. The number of carboxylic acids is 1. The number of para-hydroxylation sites is 1. The number of benzene rings is 1. The summed E-state index contributed by atoms with van der Waals surface area (Å²) in [6.07, 6.45) is 5.12. The van der Waals surface area contributed by atoms with E-state index >= 15 is 0 Å². The monoisotopic (exact) mass is 535 g/mol. The SMILES string of the molecule is CC[C@H](C)[C@@H](CN(CC(=O)N[C@@H](CCSC)C(=O)O)Cc1cnc2ccccc2c1)NC[C@@H](N)CS. The molecule has 0 saturated carbocycles. The quantitative estimate of drug-likeness (QED) is 0.196. The van der Waals surface area contributed by atoms with Gasteiger partial charge in [-0.25, -0.2) is 4.79 Å². The number of thiol groups is 1. The molecular weight excluding hydrogens is 494 g/mol. The molecule has 2 aromatic rings. The van der Waals surface area contributed by atoms with Gasteiger partial charge in [0.15, 0.2) is 0 Å². The number of carbonyl (C=O) groups is 2. The Morgan fingerprint density at radius 2 is 2.06 bits per heavy atom. The molecule has 200 valence electrons. The number of amides is 1. The van der Waals surface area contributed by atoms with Crippen LogP contribution in [-0.4, -0.2) is 82.4 Å². The van der Waals surface area contributed by atoms with Gasteiger partial charge in [-0.3, -0.25) is 14.7 Å². The van der Waals surface area contributed by atoms with Gasteiger partial charge >= 0.3 is 5.97 Å². The molecule has 1 heterocycles. The number of pyridine rings is 1. The topological polar surface area (TPSA) is 121 Å². The molecule has 1 amide bonds. The molecular formula is C26H41N5O3S2. The third-order valence-electron chi connectivity index (χ3n) is 6.33. The highest BCUT2D eigenvalue weighted by Gasteiger charge is 2.24. The Balaban J connectivity index is 2.22. The zero-order chi connectivity index (χ0) is 26.5. The number of fused-ring (bicyclic) bond motifs is 1. The molecule has 0 bridgehead atoms. The minimum Gasteiger partial charge on any atom is -0.480 e. The maximum absolute atomic E-state index is 13.0. The summed E-state index contributed by atoms with van der Waals surface area (Å²) in [5.41, 5.74) is 8.01. The molecule has 1 aromatic carbocycles. The number of aromatic nitrogens is 1. The first-order valence-corrected chi connectivity index (χ1v) is 14.5. The van der Waals surface area contributed by atoms with Crippen molar-refractivity contribution in [1.29, 1.82) is 0 Å². The molecule has 10 heteroatoms. The second kappa shape index (κ2) is 16.1. The summed E-state index contributed by atoms with van der Waals surface area (Å²) < 4.78 is 0. The van der Waals surface area contributed by atoms with E-state index in [0.717, 1.165) is 22.9 Å². The van der Waals surface area contributed by atoms with Crippen molar-refractivity contribution in [3.63, 3.8) is 0 Å². The van der Waals surface area contributed by atoms with E-state index in [4.69, 9.17) is 5.73 Å². The molecule has 1 aromatic heterocycles. The van der Waals surface area contributed by atoms with Crippen molar-refractivity contribution in [3.05, 3.63) is 42.1 Å². The minimum absolute atomic E-state index is 0.0610. The zero-order valence-electron chi connectivity index (χ0n) is 21.5. The molecule has 0 saturated heterocycles. The van der Waals surface area contributed by atoms with Crippen molar-refractivity contribution in [1.82, 2.24) is 20.5 Å². The number of nitrogens with one attached hydrogen (secondary N) is 2. The van der Waals surface area contributed by atoms with Crippen LogP contribution in [0.25, 0.3) is 10.9 Å². The van der Waals surface area contributed by atoms with Crippen LogP contribution < -0.4 is 16.4 Å². The number of carboxylic acid groups (broad SMARTS) is 1. The van der Waals surface area contributed by atoms with Crippen molar-refractivity contribution < 1.29 is 14.7 Å². The molecule has 4 atom stereocenters. The van der Waals surface area contributed by atoms with Crippen LogP contribution in [0.1, 0.15) is 32.3 Å². The number of nitrogens with zero attached hydrogens (tertiary/aromatic N) is 2. The molecule has 0 radical (unpaired) electrons. The maximum atomic E-state index is 13.0. The van der Waals surface area contributed by atoms with E-state index in [2.05, 4.69) is 53.1 Å². The second-order valence-electron chi connectivity index (χ2n) is 9.29. The van der Waals surface area contributed by atoms with E-state index in [9.17, 15) is 14.7 Å². The Morgan fingerprint density at radius 1 is 1.31 bits per heavy atom. The fraction of sp³-hybridized carbons (Fsp3) is 0.577. The van der Waals surface area contributed by atoms with E-state index in [1.165, 1.54) is 0 Å². The average Bonchev–Trinajstić information content (AvgIpc) is 2.87. The van der Waals surface area contributed by atoms with Crippen LogP contribution in [-0.2, 0) is 16.1 Å². The first-order chi connectivity index (χ1) is 17.3. The van der Waals surface area contributed by atoms with Gasteiger partial charge in [0.2, 0.25) is 5.91 Å². The third kappa shape index (κ3) is 10.3. The Bertz CT molecular complexity index is 964. The lowest BCUT2D eigenvalue weighted by molar-refractivity contribution is -0.142. The highest BCUT2D eigenvalue weighted by Crippen LogP contribution is 2.16. The van der Waals surface area contributed by atoms with Gasteiger partial charge in [0, 0.05) is 49.1 Å². The molecule has 2 rings (SSSR count). The summed E-state index contributed by atoms with van der Waals surface area (Å²) in [5, 5.41) is 16.9. The number of carbonyl (C=O) groups excluding carboxylic acids is 1. The Labute approximate surface area is 224 Å². The molecule has 0 aliphatic carbocycles. The van der Waals surface area contributed by atoms with Gasteiger partial charge < -0.3 is 21.5 Å². The van der Waals surface area contributed by atoms with Crippen molar-refractivity contribution >= 4 is 47.2 Å². The van der Waals surface area contributed by atoms with Crippen molar-refractivity contribution in [2.45, 2.75) is 51.4 Å². The molecule has 8 nitrogen and oxygen atoms in total. The number of thioether (sulfide) groups is 1. The van der Waals surface area contributed by atoms with Crippen LogP contribution in [0.15, 0.2) is 36.5 Å². The third-order valence-corrected chi connectivity index (χ3v) is 7.44. The highest BCUT2D eigenvalue weighted by atomic mass is 32.2. The first-order valence-electron chi connectivity index (χ1n) is 12.4. The van der Waals surface area contributed by atoms with Crippen molar-refractivity contribution in [2.75, 3.05) is 37.4 Å². The van der Waals surface area contributed by atoms with E-state index in [-0.39, 0.29) is 24.5 Å². The van der Waals surface area contributed by atoms with Crippen molar-refractivity contribution in [2.24, 2.45) is 11.7 Å². The summed E-state index contributed by atoms with van der Waals surface area (Å²) in [7, 11) is 0. The van der Waals surface area contributed by atoms with Crippen molar-refractivity contribution in [3.8, 4) is 0 Å². The molecule has 36 heavy (non-hydrogen) atoms. The van der Waals surface area contributed by atoms with Gasteiger partial charge in [0.1, 0.15) is 6.04 Å². The summed E-state index contributed by atoms with van der Waals surface area (Å²) >= 11 is 5.85. The lowest BCUT2D eigenvalue weighted by Gasteiger charge is -2.32. The van der Waals surface area contributed by atoms with E-state index in [1.807, 2.05) is 36.7 Å². The molecule has 5 N–H and O–H groups in total. The molecule has 0 fully saturated rings. The summed E-state index contributed by atoms with van der Waals surface area (Å²) in [5.74, 6) is 0.289. The maximum Gasteiger partial charge on any atom is 0.326 e. The number of nitrogens with two attached hydrogens (primary N) is 1. The minimum atomic E-state index is -1.01. The van der Waals surface area contributed by atoms with Crippen LogP contribution >= 0.6 is 24.4 Å². The molecule has 0 aliphatic rings. The largest absolute Gasteiger partial charge is 0.480 e. The van der Waals surface area contributed by atoms with Crippen LogP contribution in [0.2, 0.25) is 0 Å². The number of hydrogen-bond donors (Lipinski definition) is 5. The van der Waals surface area contributed by atoms with Gasteiger partial charge in [-0.15, -0.1) is 0 Å². The Hall–Kier alpha value is -1.85. The Morgan fingerprint density at radius 3 is 2.72 bits per heavy atom. The lowest BCUT2D eigenvalue weighted by Crippen LogP contribution is -2.51. The average molecular weight is 536 g/mol. The number of rotatable bonds is 17. The van der Waals surface area contributed by atoms with E-state index in [1.54, 1.807) is 11.8 Å². The first kappa shape index (κ1) is 30.4. The normalized spacial score (nSPS) is 14.9. The summed E-state index contributed by atoms with van der Waals surface area (Å²) in [4.78, 5) is 31.3. The fourth-order valence-corrected chi connectivity index (χ4v) is 4.56. The molecule has 0 spiro atoms. The molecule has 0 aliphatic heterocycles. The predicted molar refractivity (Wildman–Crippen MR) is 153 cm³/mol. The lowest BCUT2D eigenvalue weighted by atomic mass is 9.98. The van der Waals surface area contributed by atoms with Crippen LogP contribution in [0.3, 0.4) is 0 Å². The summed E-state index contributed by atoms with van der Waals surface area (Å²) in [6, 6.07) is 9.17. The van der Waals surface area contributed by atoms with Gasteiger partial charge in [-0.1, -0.05) is 38.5 Å². The van der Waals surface area contributed by atoms with Gasteiger partial charge in [0.05, 0.1) is 12.1 Å². The fourth-order valence-electron chi connectivity index (χ4n) is 3.96. The predicted octanol–water partition coefficient (Wildman–Crippen LogP) is 2.62. The van der Waals surface area contributed by atoms with Crippen LogP contribution in [0.5, 0.6) is 0 Å². The second-order valence-corrected chi connectivity index (χ2v) is 10.6. The summed E-state index contributed by atoms with van der Waals surface area (Å²) in [6.45, 7) is 6.17. The van der Waals surface area contributed by atoms with E-state index in [0.29, 0.717) is 43.5 Å². The standard InChI is InChI=1S/C26H41N5O3S2/c1-4-18(2)24(29-13-21(27)17-35)15-31(16-25(32)30-23(26(33)34)9-10-36-3)14-19-11-20-7-5-6-8-22(20)28-12-19/h5-8,11-12,18,21,23-24,29,35H,4,9-10,13-17,27H2,1-3H3,(H,30,32)(H,33,34)/t18-,21+,23-,24+/m0/s1.